The number of rotatable bonds is 1. The van der Waals surface area contributed by atoms with Gasteiger partial charge in [0.15, 0.2) is 0 Å². The van der Waals surface area contributed by atoms with E-state index in [1.807, 2.05) is 6.07 Å². The summed E-state index contributed by atoms with van der Waals surface area (Å²) in [5, 5.41) is 8.99. The maximum Gasteiger partial charge on any atom is 0.115 e. The Bertz CT molecular complexity index is 514. The highest BCUT2D eigenvalue weighted by Gasteiger charge is 2.07. The van der Waals surface area contributed by atoms with E-state index in [1.165, 1.54) is 6.33 Å². The fraction of sp³-hybridized carbons (Fsp3) is 0. The highest BCUT2D eigenvalue weighted by Crippen LogP contribution is 2.25. The van der Waals surface area contributed by atoms with Crippen LogP contribution in [0.5, 0.6) is 0 Å². The van der Waals surface area contributed by atoms with Crippen molar-refractivity contribution < 1.29 is 0 Å². The Morgan fingerprint density at radius 1 is 1.20 bits per heavy atom. The molecule has 72 valence electrons. The molecule has 0 unspecified atom stereocenters. The van der Waals surface area contributed by atoms with Gasteiger partial charge in [0.05, 0.1) is 11.3 Å². The fourth-order valence-corrected chi connectivity index (χ4v) is 1.37. The van der Waals surface area contributed by atoms with Gasteiger partial charge in [-0.3, -0.25) is 0 Å². The van der Waals surface area contributed by atoms with Crippen molar-refractivity contribution in [1.82, 2.24) is 9.97 Å². The summed E-state index contributed by atoms with van der Waals surface area (Å²) in [4.78, 5) is 7.81. The summed E-state index contributed by atoms with van der Waals surface area (Å²) in [6, 6.07) is 7.41. The number of benzene rings is 1. The van der Waals surface area contributed by atoms with Gasteiger partial charge in [0, 0.05) is 23.5 Å². The van der Waals surface area contributed by atoms with Gasteiger partial charge in [-0.05, 0) is 6.07 Å². The summed E-state index contributed by atoms with van der Waals surface area (Å²) in [6.45, 7) is 0. The predicted molar refractivity (Wildman–Crippen MR) is 56.6 cm³/mol. The van der Waals surface area contributed by atoms with Gasteiger partial charge in [-0.25, -0.2) is 9.97 Å². The van der Waals surface area contributed by atoms with Crippen molar-refractivity contribution in [3.63, 3.8) is 0 Å². The number of nitrogen functional groups attached to an aromatic ring is 1. The molecule has 0 spiro atoms. The van der Waals surface area contributed by atoms with Crippen molar-refractivity contribution in [2.75, 3.05) is 5.73 Å². The van der Waals surface area contributed by atoms with Crippen LogP contribution in [0.1, 0.15) is 5.56 Å². The fourth-order valence-electron chi connectivity index (χ4n) is 1.37. The average Bonchev–Trinajstić information content (AvgIpc) is 2.30. The molecule has 0 saturated heterocycles. The number of anilines is 1. The standard InChI is InChI=1S/C11H8N4/c12-4-10-9(2-1-3-11(10)13)8-5-14-7-15-6-8/h1-3,5-7H,13H2. The molecule has 4 heteroatoms. The lowest BCUT2D eigenvalue weighted by molar-refractivity contribution is 1.17. The SMILES string of the molecule is N#Cc1c(N)cccc1-c1cncnc1. The molecule has 1 aromatic heterocycles. The zero-order chi connectivity index (χ0) is 10.7. The molecule has 1 aromatic carbocycles. The molecule has 0 aliphatic heterocycles. The van der Waals surface area contributed by atoms with Crippen LogP contribution < -0.4 is 5.73 Å². The second kappa shape index (κ2) is 3.76. The van der Waals surface area contributed by atoms with Crippen molar-refractivity contribution in [1.29, 1.82) is 5.26 Å². The third-order valence-electron chi connectivity index (χ3n) is 2.08. The summed E-state index contributed by atoms with van der Waals surface area (Å²) in [5.41, 5.74) is 8.20. The highest BCUT2D eigenvalue weighted by atomic mass is 14.8. The molecule has 0 radical (unpaired) electrons. The minimum Gasteiger partial charge on any atom is -0.398 e. The van der Waals surface area contributed by atoms with Gasteiger partial charge in [0.1, 0.15) is 12.4 Å². The Hall–Kier alpha value is -2.41. The smallest absolute Gasteiger partial charge is 0.115 e. The van der Waals surface area contributed by atoms with E-state index in [-0.39, 0.29) is 0 Å². The first kappa shape index (κ1) is 9.16. The summed E-state index contributed by atoms with van der Waals surface area (Å²) in [7, 11) is 0. The first-order valence-corrected chi connectivity index (χ1v) is 4.37. The van der Waals surface area contributed by atoms with Crippen LogP contribution in [0.4, 0.5) is 5.69 Å². The van der Waals surface area contributed by atoms with Crippen LogP contribution in [0.15, 0.2) is 36.9 Å². The van der Waals surface area contributed by atoms with Gasteiger partial charge >= 0.3 is 0 Å². The molecule has 0 fully saturated rings. The lowest BCUT2D eigenvalue weighted by Gasteiger charge is -2.04. The average molecular weight is 196 g/mol. The number of hydrogen-bond acceptors (Lipinski definition) is 4. The number of aromatic nitrogens is 2. The lowest BCUT2D eigenvalue weighted by Crippen LogP contribution is -1.93. The van der Waals surface area contributed by atoms with E-state index < -0.39 is 0 Å². The number of hydrogen-bond donors (Lipinski definition) is 1. The molecule has 0 aliphatic rings. The van der Waals surface area contributed by atoms with E-state index in [0.29, 0.717) is 11.3 Å². The van der Waals surface area contributed by atoms with E-state index in [2.05, 4.69) is 16.0 Å². The molecule has 15 heavy (non-hydrogen) atoms. The summed E-state index contributed by atoms with van der Waals surface area (Å²) in [6.07, 6.45) is 4.76. The van der Waals surface area contributed by atoms with Gasteiger partial charge in [0.25, 0.3) is 0 Å². The van der Waals surface area contributed by atoms with Crippen LogP contribution in [0, 0.1) is 11.3 Å². The molecule has 2 rings (SSSR count). The molecule has 0 bridgehead atoms. The summed E-state index contributed by atoms with van der Waals surface area (Å²) in [5.74, 6) is 0. The molecule has 0 saturated carbocycles. The quantitative estimate of drug-likeness (QED) is 0.703. The molecule has 2 aromatic rings. The molecular weight excluding hydrogens is 188 g/mol. The van der Waals surface area contributed by atoms with E-state index in [1.54, 1.807) is 24.5 Å². The van der Waals surface area contributed by atoms with Crippen LogP contribution in [-0.2, 0) is 0 Å². The first-order chi connectivity index (χ1) is 7.33. The first-order valence-electron chi connectivity index (χ1n) is 4.37. The van der Waals surface area contributed by atoms with Crippen LogP contribution in [0.3, 0.4) is 0 Å². The normalized spacial score (nSPS) is 9.53. The molecule has 2 N–H and O–H groups in total. The zero-order valence-electron chi connectivity index (χ0n) is 7.88. The number of nitrogens with two attached hydrogens (primary N) is 1. The second-order valence-corrected chi connectivity index (χ2v) is 3.01. The van der Waals surface area contributed by atoms with Gasteiger partial charge in [-0.1, -0.05) is 12.1 Å². The largest absolute Gasteiger partial charge is 0.398 e. The van der Waals surface area contributed by atoms with Gasteiger partial charge in [-0.15, -0.1) is 0 Å². The van der Waals surface area contributed by atoms with Gasteiger partial charge in [-0.2, -0.15) is 5.26 Å². The lowest BCUT2D eigenvalue weighted by atomic mass is 10.0. The Labute approximate surface area is 87.0 Å². The summed E-state index contributed by atoms with van der Waals surface area (Å²) >= 11 is 0. The number of nitrogens with zero attached hydrogens (tertiary/aromatic N) is 3. The van der Waals surface area contributed by atoms with E-state index >= 15 is 0 Å². The Balaban J connectivity index is 2.65. The summed E-state index contributed by atoms with van der Waals surface area (Å²) < 4.78 is 0. The highest BCUT2D eigenvalue weighted by molar-refractivity contribution is 5.75. The minimum absolute atomic E-state index is 0.465. The van der Waals surface area contributed by atoms with Crippen molar-refractivity contribution >= 4 is 5.69 Å². The topological polar surface area (TPSA) is 75.6 Å². The van der Waals surface area contributed by atoms with Crippen LogP contribution in [0.25, 0.3) is 11.1 Å². The van der Waals surface area contributed by atoms with Gasteiger partial charge < -0.3 is 5.73 Å². The maximum atomic E-state index is 8.99. The molecule has 4 nitrogen and oxygen atoms in total. The van der Waals surface area contributed by atoms with E-state index in [4.69, 9.17) is 11.0 Å². The maximum absolute atomic E-state index is 8.99. The molecule has 1 heterocycles. The third-order valence-corrected chi connectivity index (χ3v) is 2.08. The third kappa shape index (κ3) is 1.63. The number of nitriles is 1. The Kier molecular flexibility index (Phi) is 2.30. The zero-order valence-corrected chi connectivity index (χ0v) is 7.88. The monoisotopic (exact) mass is 196 g/mol. The van der Waals surface area contributed by atoms with E-state index in [9.17, 15) is 0 Å². The minimum atomic E-state index is 0.465. The van der Waals surface area contributed by atoms with Crippen molar-refractivity contribution in [3.8, 4) is 17.2 Å². The Morgan fingerprint density at radius 2 is 1.93 bits per heavy atom. The van der Waals surface area contributed by atoms with E-state index in [0.717, 1.165) is 11.1 Å². The van der Waals surface area contributed by atoms with Crippen molar-refractivity contribution in [3.05, 3.63) is 42.5 Å². The van der Waals surface area contributed by atoms with Crippen molar-refractivity contribution in [2.45, 2.75) is 0 Å². The van der Waals surface area contributed by atoms with Crippen LogP contribution in [0.2, 0.25) is 0 Å². The molecule has 0 aliphatic carbocycles. The van der Waals surface area contributed by atoms with Crippen LogP contribution >= 0.6 is 0 Å². The molecule has 0 atom stereocenters. The molecular formula is C11H8N4. The predicted octanol–water partition coefficient (Wildman–Crippen LogP) is 1.60. The second-order valence-electron chi connectivity index (χ2n) is 3.01. The van der Waals surface area contributed by atoms with Crippen LogP contribution in [-0.4, -0.2) is 9.97 Å². The van der Waals surface area contributed by atoms with Gasteiger partial charge in [0.2, 0.25) is 0 Å². The Morgan fingerprint density at radius 3 is 2.60 bits per heavy atom. The molecule has 0 amide bonds. The van der Waals surface area contributed by atoms with Crippen molar-refractivity contribution in [2.24, 2.45) is 0 Å².